The van der Waals surface area contributed by atoms with Gasteiger partial charge in [-0.05, 0) is 51.2 Å². The lowest BCUT2D eigenvalue weighted by Crippen LogP contribution is -2.58. The lowest BCUT2D eigenvalue weighted by molar-refractivity contribution is 0.0400. The number of terminal acetylenes is 2. The second-order valence-electron chi connectivity index (χ2n) is 23.4. The average molecular weight is 1060 g/mol. The Kier molecular flexibility index (Phi) is 54.6. The highest BCUT2D eigenvalue weighted by Gasteiger charge is 2.32. The maximum Gasteiger partial charge on any atom is 0.0333 e. The summed E-state index contributed by atoms with van der Waals surface area (Å²) in [5, 5.41) is 0. The Hall–Kier alpha value is -0.340. The van der Waals surface area contributed by atoms with Gasteiger partial charge in [0.2, 0.25) is 0 Å². The van der Waals surface area contributed by atoms with Crippen LogP contribution in [0.1, 0.15) is 298 Å². The second-order valence-corrected chi connectivity index (χ2v) is 25.8. The van der Waals surface area contributed by atoms with Crippen molar-refractivity contribution in [3.63, 3.8) is 0 Å². The topological polar surface area (TPSA) is 13.0 Å². The summed E-state index contributed by atoms with van der Waals surface area (Å²) < 4.78 is 0. The van der Waals surface area contributed by atoms with Crippen LogP contribution in [0.4, 0.5) is 0 Å². The largest absolute Gasteiger partial charge is 0.303 e. The van der Waals surface area contributed by atoms with Gasteiger partial charge in [0.25, 0.3) is 0 Å². The molecule has 0 aliphatic carbocycles. The highest BCUT2D eigenvalue weighted by atomic mass is 32.2. The van der Waals surface area contributed by atoms with Crippen LogP contribution in [-0.2, 0) is 0 Å². The van der Waals surface area contributed by atoms with Crippen LogP contribution in [-0.4, -0.2) is 120 Å². The molecule has 1 rings (SSSR count). The number of thioether (sulfide) groups is 2. The Morgan fingerprint density at radius 2 is 0.671 bits per heavy atom. The standard InChI is InChI=1S/C67H130N4S2/c1-8-14-18-22-26-30-33-37-41-45-51-68(52-46-42-38-34-31-27-23-19-15-9-2)54-58-72-60-56-70-63-67(49-13-6)71(64-66(70)48-12-5)57-61-73-59-55-69(53-47-43-39-35-32-28-24-20-16-10-3)62-65(7)50-44-40-36-29-25-21-17-11-4/h5-6,65-67H,8-11,14-64H2,1-4,7H3. The van der Waals surface area contributed by atoms with Crippen LogP contribution < -0.4 is 0 Å². The first-order valence-electron chi connectivity index (χ1n) is 33.0. The van der Waals surface area contributed by atoms with Crippen LogP contribution in [0.25, 0.3) is 0 Å². The third-order valence-corrected chi connectivity index (χ3v) is 18.3. The van der Waals surface area contributed by atoms with Gasteiger partial charge in [-0.25, -0.2) is 0 Å². The Morgan fingerprint density at radius 1 is 0.384 bits per heavy atom. The summed E-state index contributed by atoms with van der Waals surface area (Å²) in [4.78, 5) is 11.1. The van der Waals surface area contributed by atoms with Crippen LogP contribution in [0, 0.1) is 30.6 Å². The summed E-state index contributed by atoms with van der Waals surface area (Å²) >= 11 is 4.35. The molecule has 1 fully saturated rings. The maximum absolute atomic E-state index is 6.06. The molecule has 73 heavy (non-hydrogen) atoms. The number of nitrogens with zero attached hydrogens (tertiary/aromatic N) is 4. The number of hydrogen-bond donors (Lipinski definition) is 0. The molecule has 0 saturated carbocycles. The van der Waals surface area contributed by atoms with Crippen molar-refractivity contribution in [3.8, 4) is 24.7 Å². The fourth-order valence-corrected chi connectivity index (χ4v) is 13.4. The molecule has 0 aromatic rings. The summed E-state index contributed by atoms with van der Waals surface area (Å²) in [5.74, 6) is 11.8. The molecule has 1 heterocycles. The molecule has 1 aliphatic heterocycles. The van der Waals surface area contributed by atoms with Gasteiger partial charge in [-0.1, -0.05) is 259 Å². The van der Waals surface area contributed by atoms with E-state index in [0.717, 1.165) is 44.9 Å². The molecule has 0 bridgehead atoms. The van der Waals surface area contributed by atoms with E-state index in [-0.39, 0.29) is 0 Å². The molecule has 0 amide bonds. The Balaban J connectivity index is 2.61. The molecule has 1 saturated heterocycles. The molecule has 0 spiro atoms. The lowest BCUT2D eigenvalue weighted by Gasteiger charge is -2.45. The van der Waals surface area contributed by atoms with E-state index in [2.05, 4.69) is 89.6 Å². The van der Waals surface area contributed by atoms with Gasteiger partial charge in [-0.2, -0.15) is 23.5 Å². The van der Waals surface area contributed by atoms with Crippen LogP contribution in [0.5, 0.6) is 0 Å². The summed E-state index contributed by atoms with van der Waals surface area (Å²) in [7, 11) is 0. The van der Waals surface area contributed by atoms with Crippen molar-refractivity contribution in [2.24, 2.45) is 5.92 Å². The molecule has 1 aliphatic rings. The number of hydrogen-bond acceptors (Lipinski definition) is 6. The van der Waals surface area contributed by atoms with E-state index in [4.69, 9.17) is 12.8 Å². The fourth-order valence-electron chi connectivity index (χ4n) is 11.5. The normalized spacial score (nSPS) is 16.0. The molecule has 430 valence electrons. The van der Waals surface area contributed by atoms with E-state index in [9.17, 15) is 0 Å². The average Bonchev–Trinajstić information content (AvgIpc) is 3.39. The third kappa shape index (κ3) is 45.3. The van der Waals surface area contributed by atoms with Gasteiger partial charge in [0.15, 0.2) is 0 Å². The minimum Gasteiger partial charge on any atom is -0.303 e. The van der Waals surface area contributed by atoms with Crippen LogP contribution in [0.3, 0.4) is 0 Å². The summed E-state index contributed by atoms with van der Waals surface area (Å²) in [6, 6.07) is 0.875. The van der Waals surface area contributed by atoms with E-state index in [1.54, 1.807) is 0 Å². The molecule has 4 nitrogen and oxygen atoms in total. The van der Waals surface area contributed by atoms with Gasteiger partial charge in [0, 0.05) is 93.8 Å². The fraction of sp³-hybridized carbons (Fsp3) is 0.940. The first-order chi connectivity index (χ1) is 36.0. The van der Waals surface area contributed by atoms with Gasteiger partial charge in [-0.3, -0.25) is 9.80 Å². The van der Waals surface area contributed by atoms with Gasteiger partial charge in [0.05, 0.1) is 0 Å². The van der Waals surface area contributed by atoms with Crippen molar-refractivity contribution in [3.05, 3.63) is 0 Å². The minimum atomic E-state index is 0.437. The minimum absolute atomic E-state index is 0.437. The van der Waals surface area contributed by atoms with Crippen molar-refractivity contribution in [2.45, 2.75) is 310 Å². The number of unbranched alkanes of at least 4 members (excludes halogenated alkanes) is 34. The highest BCUT2D eigenvalue weighted by Crippen LogP contribution is 2.23. The van der Waals surface area contributed by atoms with Crippen molar-refractivity contribution in [1.82, 2.24) is 19.6 Å². The third-order valence-electron chi connectivity index (χ3n) is 16.4. The first kappa shape index (κ1) is 70.7. The van der Waals surface area contributed by atoms with Crippen LogP contribution in [0.2, 0.25) is 0 Å². The van der Waals surface area contributed by atoms with E-state index < -0.39 is 0 Å². The van der Waals surface area contributed by atoms with Crippen LogP contribution in [0.15, 0.2) is 0 Å². The zero-order chi connectivity index (χ0) is 52.8. The summed E-state index contributed by atoms with van der Waals surface area (Å²) in [6.45, 7) is 23.8. The predicted octanol–water partition coefficient (Wildman–Crippen LogP) is 19.4. The molecule has 0 radical (unpaired) electrons. The molecular formula is C67H130N4S2. The van der Waals surface area contributed by atoms with Crippen molar-refractivity contribution in [2.75, 3.05) is 88.5 Å². The number of rotatable bonds is 58. The Morgan fingerprint density at radius 3 is 1.00 bits per heavy atom. The van der Waals surface area contributed by atoms with Gasteiger partial charge < -0.3 is 9.80 Å². The van der Waals surface area contributed by atoms with Gasteiger partial charge in [0.1, 0.15) is 0 Å². The Bertz CT molecular complexity index is 1160. The lowest BCUT2D eigenvalue weighted by atomic mass is 10.0. The molecule has 3 atom stereocenters. The first-order valence-corrected chi connectivity index (χ1v) is 35.3. The predicted molar refractivity (Wildman–Crippen MR) is 337 cm³/mol. The summed E-state index contributed by atoms with van der Waals surface area (Å²) in [6.07, 6.45) is 69.1. The summed E-state index contributed by atoms with van der Waals surface area (Å²) in [5.41, 5.74) is 0. The van der Waals surface area contributed by atoms with E-state index in [1.807, 2.05) is 0 Å². The smallest absolute Gasteiger partial charge is 0.0333 e. The monoisotopic (exact) mass is 1050 g/mol. The second kappa shape index (κ2) is 56.4. The maximum atomic E-state index is 6.06. The van der Waals surface area contributed by atoms with Crippen molar-refractivity contribution in [1.29, 1.82) is 0 Å². The number of piperazine rings is 1. The van der Waals surface area contributed by atoms with Gasteiger partial charge >= 0.3 is 0 Å². The zero-order valence-corrected chi connectivity index (χ0v) is 52.0. The van der Waals surface area contributed by atoms with Gasteiger partial charge in [-0.15, -0.1) is 24.7 Å². The van der Waals surface area contributed by atoms with Crippen molar-refractivity contribution >= 4 is 23.5 Å². The molecular weight excluding hydrogens is 925 g/mol. The van der Waals surface area contributed by atoms with E-state index in [1.165, 1.54) is 313 Å². The Labute approximate surface area is 469 Å². The SMILES string of the molecule is C#CCC1CN(CCSCCN(CCCCCCCCCCCC)CC(C)CCCCCCCCCC)C(CC#C)CN1CCSCCN(CCCCCCCCCCCC)CCCCCCCCCCCC. The zero-order valence-electron chi connectivity index (χ0n) is 50.4. The molecule has 3 unspecified atom stereocenters. The van der Waals surface area contributed by atoms with Crippen LogP contribution >= 0.6 is 23.5 Å². The molecule has 6 heteroatoms. The molecule has 0 aromatic heterocycles. The molecule has 0 aromatic carbocycles. The highest BCUT2D eigenvalue weighted by molar-refractivity contribution is 7.99. The van der Waals surface area contributed by atoms with E-state index >= 15 is 0 Å². The van der Waals surface area contributed by atoms with E-state index in [0.29, 0.717) is 12.1 Å². The quantitative estimate of drug-likeness (QED) is 0.0442. The van der Waals surface area contributed by atoms with Crippen molar-refractivity contribution < 1.29 is 0 Å². The molecule has 0 N–H and O–H groups in total.